The van der Waals surface area contributed by atoms with Gasteiger partial charge in [-0.25, -0.2) is 0 Å². The van der Waals surface area contributed by atoms with Crippen LogP contribution in [0, 0.1) is 0 Å². The maximum Gasteiger partial charge on any atom is 0.115 e. The molecule has 0 bridgehead atoms. The number of hydrogen-bond acceptors (Lipinski definition) is 3. The second-order valence-electron chi connectivity index (χ2n) is 3.13. The van der Waals surface area contributed by atoms with Gasteiger partial charge in [-0.1, -0.05) is 12.1 Å². The Morgan fingerprint density at radius 1 is 1.38 bits per heavy atom. The lowest BCUT2D eigenvalue weighted by Crippen LogP contribution is -2.12. The van der Waals surface area contributed by atoms with E-state index in [0.717, 1.165) is 18.4 Å². The number of benzene rings is 1. The number of phenols is 1. The first-order valence-electron chi connectivity index (χ1n) is 4.48. The van der Waals surface area contributed by atoms with Crippen molar-refractivity contribution < 1.29 is 5.11 Å². The molecule has 3 nitrogen and oxygen atoms in total. The van der Waals surface area contributed by atoms with E-state index in [4.69, 9.17) is 11.5 Å². The third-order valence-electron chi connectivity index (χ3n) is 2.02. The summed E-state index contributed by atoms with van der Waals surface area (Å²) in [6, 6.07) is 7.03. The quantitative estimate of drug-likeness (QED) is 0.650. The molecule has 0 amide bonds. The van der Waals surface area contributed by atoms with Gasteiger partial charge in [0, 0.05) is 6.04 Å². The fourth-order valence-corrected chi connectivity index (χ4v) is 1.26. The smallest absolute Gasteiger partial charge is 0.115 e. The molecule has 1 aromatic rings. The summed E-state index contributed by atoms with van der Waals surface area (Å²) in [5.41, 5.74) is 12.2. The number of phenolic OH excluding ortho intramolecular Hbond substituents is 1. The fourth-order valence-electron chi connectivity index (χ4n) is 1.26. The molecule has 0 saturated carbocycles. The average molecular weight is 180 g/mol. The summed E-state index contributed by atoms with van der Waals surface area (Å²) in [4.78, 5) is 0. The summed E-state index contributed by atoms with van der Waals surface area (Å²) in [5, 5.41) is 9.21. The normalized spacial score (nSPS) is 12.8. The molecule has 0 spiro atoms. The summed E-state index contributed by atoms with van der Waals surface area (Å²) in [6.07, 6.45) is 1.77. The van der Waals surface area contributed by atoms with Crippen molar-refractivity contribution >= 4 is 0 Å². The molecule has 0 aromatic heterocycles. The zero-order valence-electron chi connectivity index (χ0n) is 7.61. The average Bonchev–Trinajstić information content (AvgIpc) is 2.14. The topological polar surface area (TPSA) is 72.3 Å². The monoisotopic (exact) mass is 180 g/mol. The Labute approximate surface area is 78.4 Å². The first-order valence-corrected chi connectivity index (χ1v) is 4.48. The van der Waals surface area contributed by atoms with Gasteiger partial charge in [0.25, 0.3) is 0 Å². The Balaban J connectivity index is 2.60. The van der Waals surface area contributed by atoms with Crippen LogP contribution in [0.25, 0.3) is 0 Å². The highest BCUT2D eigenvalue weighted by molar-refractivity contribution is 5.29. The third kappa shape index (κ3) is 3.05. The van der Waals surface area contributed by atoms with Crippen molar-refractivity contribution in [3.8, 4) is 5.75 Å². The highest BCUT2D eigenvalue weighted by Crippen LogP contribution is 2.19. The van der Waals surface area contributed by atoms with E-state index in [1.165, 1.54) is 0 Å². The highest BCUT2D eigenvalue weighted by atomic mass is 16.3. The molecule has 1 rings (SSSR count). The summed E-state index contributed by atoms with van der Waals surface area (Å²) >= 11 is 0. The molecule has 0 fully saturated rings. The molecule has 0 unspecified atom stereocenters. The molecule has 0 saturated heterocycles. The summed E-state index contributed by atoms with van der Waals surface area (Å²) in [5.74, 6) is 0.265. The van der Waals surface area contributed by atoms with Crippen LogP contribution in [-0.2, 0) is 0 Å². The fraction of sp³-hybridized carbons (Fsp3) is 0.400. The first kappa shape index (κ1) is 10.0. The molecular formula is C10H16N2O. The largest absolute Gasteiger partial charge is 0.508 e. The van der Waals surface area contributed by atoms with Gasteiger partial charge < -0.3 is 16.6 Å². The zero-order valence-corrected chi connectivity index (χ0v) is 7.61. The van der Waals surface area contributed by atoms with Crippen molar-refractivity contribution in [3.05, 3.63) is 29.8 Å². The van der Waals surface area contributed by atoms with Crippen LogP contribution in [-0.4, -0.2) is 11.7 Å². The molecule has 0 aliphatic rings. The van der Waals surface area contributed by atoms with E-state index >= 15 is 0 Å². The lowest BCUT2D eigenvalue weighted by molar-refractivity contribution is 0.473. The molecule has 3 heteroatoms. The van der Waals surface area contributed by atoms with Gasteiger partial charge >= 0.3 is 0 Å². The lowest BCUT2D eigenvalue weighted by atomic mass is 10.0. The van der Waals surface area contributed by atoms with Gasteiger partial charge in [0.05, 0.1) is 0 Å². The van der Waals surface area contributed by atoms with Crippen molar-refractivity contribution in [1.82, 2.24) is 0 Å². The second kappa shape index (κ2) is 4.84. The number of nitrogens with two attached hydrogens (primary N) is 2. The Bertz CT molecular complexity index is 263. The van der Waals surface area contributed by atoms with Crippen LogP contribution in [0.5, 0.6) is 5.75 Å². The van der Waals surface area contributed by atoms with Crippen LogP contribution >= 0.6 is 0 Å². The van der Waals surface area contributed by atoms with Gasteiger partial charge in [-0.05, 0) is 37.1 Å². The molecule has 72 valence electrons. The molecule has 0 aliphatic carbocycles. The minimum Gasteiger partial charge on any atom is -0.508 e. The van der Waals surface area contributed by atoms with Crippen molar-refractivity contribution in [3.63, 3.8) is 0 Å². The van der Waals surface area contributed by atoms with E-state index in [9.17, 15) is 5.11 Å². The summed E-state index contributed by atoms with van der Waals surface area (Å²) in [7, 11) is 0. The van der Waals surface area contributed by atoms with Gasteiger partial charge in [0.1, 0.15) is 5.75 Å². The number of hydrogen-bond donors (Lipinski definition) is 3. The molecule has 0 radical (unpaired) electrons. The van der Waals surface area contributed by atoms with Crippen molar-refractivity contribution in [1.29, 1.82) is 0 Å². The van der Waals surface area contributed by atoms with E-state index in [1.807, 2.05) is 6.07 Å². The van der Waals surface area contributed by atoms with Crippen LogP contribution in [0.15, 0.2) is 24.3 Å². The Morgan fingerprint density at radius 2 is 2.15 bits per heavy atom. The van der Waals surface area contributed by atoms with Crippen LogP contribution in [0.4, 0.5) is 0 Å². The summed E-state index contributed by atoms with van der Waals surface area (Å²) in [6.45, 7) is 0.659. The van der Waals surface area contributed by atoms with E-state index in [1.54, 1.807) is 18.2 Å². The minimum atomic E-state index is -0.0179. The first-order chi connectivity index (χ1) is 6.24. The predicted octanol–water partition coefficient (Wildman–Crippen LogP) is 1.13. The molecule has 5 N–H and O–H groups in total. The molecule has 0 aliphatic heterocycles. The van der Waals surface area contributed by atoms with Gasteiger partial charge in [0.15, 0.2) is 0 Å². The van der Waals surface area contributed by atoms with E-state index < -0.39 is 0 Å². The van der Waals surface area contributed by atoms with E-state index in [-0.39, 0.29) is 11.8 Å². The van der Waals surface area contributed by atoms with Gasteiger partial charge in [-0.15, -0.1) is 0 Å². The molecular weight excluding hydrogens is 164 g/mol. The van der Waals surface area contributed by atoms with Gasteiger partial charge in [0.2, 0.25) is 0 Å². The highest BCUT2D eigenvalue weighted by Gasteiger charge is 2.04. The second-order valence-corrected chi connectivity index (χ2v) is 3.13. The van der Waals surface area contributed by atoms with E-state index in [2.05, 4.69) is 0 Å². The van der Waals surface area contributed by atoms with Crippen LogP contribution in [0.1, 0.15) is 24.4 Å². The standard InChI is InChI=1S/C10H16N2O/c11-6-2-5-10(12)8-3-1-4-9(13)7-8/h1,3-4,7,10,13H,2,5-6,11-12H2/t10-/m0/s1. The van der Waals surface area contributed by atoms with Crippen LogP contribution in [0.2, 0.25) is 0 Å². The third-order valence-corrected chi connectivity index (χ3v) is 2.02. The Hall–Kier alpha value is -1.06. The maximum atomic E-state index is 9.21. The molecule has 1 aromatic carbocycles. The Morgan fingerprint density at radius 3 is 2.77 bits per heavy atom. The maximum absolute atomic E-state index is 9.21. The molecule has 0 heterocycles. The SMILES string of the molecule is NCCC[C@H](N)c1cccc(O)c1. The van der Waals surface area contributed by atoms with Crippen LogP contribution in [0.3, 0.4) is 0 Å². The molecule has 13 heavy (non-hydrogen) atoms. The predicted molar refractivity (Wildman–Crippen MR) is 53.3 cm³/mol. The number of rotatable bonds is 4. The lowest BCUT2D eigenvalue weighted by Gasteiger charge is -2.11. The van der Waals surface area contributed by atoms with Gasteiger partial charge in [-0.2, -0.15) is 0 Å². The zero-order chi connectivity index (χ0) is 9.68. The van der Waals surface area contributed by atoms with Crippen molar-refractivity contribution in [2.75, 3.05) is 6.54 Å². The minimum absolute atomic E-state index is 0.0179. The molecule has 1 atom stereocenters. The Kier molecular flexibility index (Phi) is 3.73. The summed E-state index contributed by atoms with van der Waals surface area (Å²) < 4.78 is 0. The van der Waals surface area contributed by atoms with Crippen molar-refractivity contribution in [2.45, 2.75) is 18.9 Å². The van der Waals surface area contributed by atoms with Gasteiger partial charge in [-0.3, -0.25) is 0 Å². The van der Waals surface area contributed by atoms with E-state index in [0.29, 0.717) is 6.54 Å². The number of aromatic hydroxyl groups is 1. The van der Waals surface area contributed by atoms with Crippen LogP contribution < -0.4 is 11.5 Å². The van der Waals surface area contributed by atoms with Crippen molar-refractivity contribution in [2.24, 2.45) is 11.5 Å².